The Bertz CT molecular complexity index is 932. The number of methoxy groups -OCH3 is 1. The number of hydrogen-bond acceptors (Lipinski definition) is 4. The topological polar surface area (TPSA) is 59.1 Å². The zero-order valence-electron chi connectivity index (χ0n) is 19.5. The normalized spacial score (nSPS) is 18.0. The third-order valence-electron chi connectivity index (χ3n) is 6.95. The monoisotopic (exact) mass is 450 g/mol. The van der Waals surface area contributed by atoms with Crippen molar-refractivity contribution in [1.29, 1.82) is 0 Å². The Labute approximate surface area is 196 Å². The number of para-hydroxylation sites is 1. The zero-order chi connectivity index (χ0) is 23.1. The molecule has 6 nitrogen and oxygen atoms in total. The minimum absolute atomic E-state index is 0.00818. The lowest BCUT2D eigenvalue weighted by Gasteiger charge is -2.42. The van der Waals surface area contributed by atoms with Crippen LogP contribution in [-0.2, 0) is 4.79 Å². The van der Waals surface area contributed by atoms with Crippen molar-refractivity contribution in [2.24, 2.45) is 5.41 Å². The Balaban J connectivity index is 1.44. The molecule has 0 aliphatic carbocycles. The second-order valence-electron chi connectivity index (χ2n) is 9.24. The van der Waals surface area contributed by atoms with Crippen LogP contribution in [0.4, 0.5) is 0 Å². The first kappa shape index (κ1) is 23.1. The fourth-order valence-electron chi connectivity index (χ4n) is 4.82. The number of nitrogens with zero attached hydrogens (tertiary/aromatic N) is 2. The molecule has 0 unspecified atom stereocenters. The molecule has 0 bridgehead atoms. The molecule has 0 spiro atoms. The molecule has 2 saturated heterocycles. The second-order valence-corrected chi connectivity index (χ2v) is 9.24. The number of benzene rings is 2. The van der Waals surface area contributed by atoms with Crippen LogP contribution in [0.15, 0.2) is 54.6 Å². The highest BCUT2D eigenvalue weighted by atomic mass is 16.5. The average molecular weight is 451 g/mol. The van der Waals surface area contributed by atoms with Gasteiger partial charge in [0.15, 0.2) is 0 Å². The van der Waals surface area contributed by atoms with Crippen molar-refractivity contribution in [2.45, 2.75) is 38.5 Å². The van der Waals surface area contributed by atoms with E-state index in [4.69, 9.17) is 9.47 Å². The van der Waals surface area contributed by atoms with Crippen LogP contribution in [0.3, 0.4) is 0 Å². The number of amides is 2. The van der Waals surface area contributed by atoms with Gasteiger partial charge in [-0.05, 0) is 62.4 Å². The quantitative estimate of drug-likeness (QED) is 0.627. The minimum Gasteiger partial charge on any atom is -0.497 e. The summed E-state index contributed by atoms with van der Waals surface area (Å²) in [4.78, 5) is 30.2. The van der Waals surface area contributed by atoms with Crippen LogP contribution in [0.2, 0.25) is 0 Å². The molecule has 2 amide bonds. The van der Waals surface area contributed by atoms with Crippen LogP contribution in [0.5, 0.6) is 11.5 Å². The van der Waals surface area contributed by atoms with Crippen LogP contribution in [0.1, 0.15) is 48.9 Å². The van der Waals surface area contributed by atoms with Crippen molar-refractivity contribution in [3.63, 3.8) is 0 Å². The summed E-state index contributed by atoms with van der Waals surface area (Å²) in [5.41, 5.74) is 0.363. The molecular weight excluding hydrogens is 416 g/mol. The molecule has 0 radical (unpaired) electrons. The SMILES string of the molecule is COc1cccc(C(=O)N2CCC(COc3ccccc3)(CC(=O)N3CCCCC3)CC2)c1. The molecule has 0 aromatic heterocycles. The zero-order valence-corrected chi connectivity index (χ0v) is 19.5. The average Bonchev–Trinajstić information content (AvgIpc) is 2.89. The van der Waals surface area contributed by atoms with Gasteiger partial charge < -0.3 is 19.3 Å². The molecule has 2 aromatic carbocycles. The Morgan fingerprint density at radius 3 is 2.24 bits per heavy atom. The van der Waals surface area contributed by atoms with Gasteiger partial charge in [-0.2, -0.15) is 0 Å². The Hall–Kier alpha value is -3.02. The van der Waals surface area contributed by atoms with E-state index in [0.29, 0.717) is 37.4 Å². The van der Waals surface area contributed by atoms with E-state index in [1.807, 2.05) is 58.3 Å². The summed E-state index contributed by atoms with van der Waals surface area (Å²) in [7, 11) is 1.60. The summed E-state index contributed by atoms with van der Waals surface area (Å²) in [6, 6.07) is 17.0. The third kappa shape index (κ3) is 5.86. The Morgan fingerprint density at radius 1 is 0.848 bits per heavy atom. The summed E-state index contributed by atoms with van der Waals surface area (Å²) >= 11 is 0. The van der Waals surface area contributed by atoms with E-state index in [1.54, 1.807) is 13.2 Å². The van der Waals surface area contributed by atoms with Gasteiger partial charge in [0, 0.05) is 43.6 Å². The van der Waals surface area contributed by atoms with Gasteiger partial charge in [0.05, 0.1) is 13.7 Å². The lowest BCUT2D eigenvalue weighted by Crippen LogP contribution is -2.48. The van der Waals surface area contributed by atoms with Gasteiger partial charge in [-0.15, -0.1) is 0 Å². The smallest absolute Gasteiger partial charge is 0.253 e. The number of hydrogen-bond donors (Lipinski definition) is 0. The lowest BCUT2D eigenvalue weighted by atomic mass is 9.75. The first-order chi connectivity index (χ1) is 16.1. The number of likely N-dealkylation sites (tertiary alicyclic amines) is 2. The van der Waals surface area contributed by atoms with Gasteiger partial charge in [0.25, 0.3) is 5.91 Å². The minimum atomic E-state index is -0.268. The molecule has 0 saturated carbocycles. The van der Waals surface area contributed by atoms with Crippen LogP contribution < -0.4 is 9.47 Å². The standard InChI is InChI=1S/C27H34N2O4/c1-32-24-12-8-9-22(19-24)26(31)29-17-13-27(14-18-29,21-33-23-10-4-2-5-11-23)20-25(30)28-15-6-3-7-16-28/h2,4-5,8-12,19H,3,6-7,13-18,20-21H2,1H3. The van der Waals surface area contributed by atoms with Crippen molar-refractivity contribution in [1.82, 2.24) is 9.80 Å². The molecule has 2 heterocycles. The maximum Gasteiger partial charge on any atom is 0.253 e. The highest BCUT2D eigenvalue weighted by Crippen LogP contribution is 2.37. The number of ether oxygens (including phenoxy) is 2. The van der Waals surface area contributed by atoms with Crippen LogP contribution >= 0.6 is 0 Å². The highest BCUT2D eigenvalue weighted by Gasteiger charge is 2.40. The maximum absolute atomic E-state index is 13.2. The summed E-state index contributed by atoms with van der Waals surface area (Å²) in [5.74, 6) is 1.72. The van der Waals surface area contributed by atoms with E-state index < -0.39 is 0 Å². The van der Waals surface area contributed by atoms with Gasteiger partial charge >= 0.3 is 0 Å². The Morgan fingerprint density at radius 2 is 1.55 bits per heavy atom. The first-order valence-corrected chi connectivity index (χ1v) is 12.0. The largest absolute Gasteiger partial charge is 0.497 e. The van der Waals surface area contributed by atoms with E-state index in [9.17, 15) is 9.59 Å². The molecular formula is C27H34N2O4. The predicted octanol–water partition coefficient (Wildman–Crippen LogP) is 4.40. The molecule has 2 aliphatic rings. The second kappa shape index (κ2) is 10.7. The number of rotatable bonds is 7. The van der Waals surface area contributed by atoms with Crippen molar-refractivity contribution in [3.05, 3.63) is 60.2 Å². The van der Waals surface area contributed by atoms with E-state index >= 15 is 0 Å². The molecule has 2 aliphatic heterocycles. The van der Waals surface area contributed by atoms with Crippen LogP contribution in [0, 0.1) is 5.41 Å². The number of carbonyl (C=O) groups excluding carboxylic acids is 2. The van der Waals surface area contributed by atoms with Crippen molar-refractivity contribution < 1.29 is 19.1 Å². The summed E-state index contributed by atoms with van der Waals surface area (Å²) in [5, 5.41) is 0. The van der Waals surface area contributed by atoms with Crippen molar-refractivity contribution in [3.8, 4) is 11.5 Å². The van der Waals surface area contributed by atoms with Gasteiger partial charge in [-0.1, -0.05) is 24.3 Å². The molecule has 2 fully saturated rings. The lowest BCUT2D eigenvalue weighted by molar-refractivity contribution is -0.136. The number of carbonyl (C=O) groups is 2. The van der Waals surface area contributed by atoms with Gasteiger partial charge in [0.1, 0.15) is 11.5 Å². The summed E-state index contributed by atoms with van der Waals surface area (Å²) in [6.07, 6.45) is 5.34. The molecule has 6 heteroatoms. The predicted molar refractivity (Wildman–Crippen MR) is 128 cm³/mol. The van der Waals surface area contributed by atoms with E-state index in [-0.39, 0.29) is 17.2 Å². The van der Waals surface area contributed by atoms with Crippen LogP contribution in [0.25, 0.3) is 0 Å². The van der Waals surface area contributed by atoms with E-state index in [1.165, 1.54) is 6.42 Å². The maximum atomic E-state index is 13.2. The fourth-order valence-corrected chi connectivity index (χ4v) is 4.82. The van der Waals surface area contributed by atoms with E-state index in [2.05, 4.69) is 0 Å². The molecule has 4 rings (SSSR count). The summed E-state index contributed by atoms with van der Waals surface area (Å²) < 4.78 is 11.4. The summed E-state index contributed by atoms with van der Waals surface area (Å²) in [6.45, 7) is 3.42. The number of piperidine rings is 2. The molecule has 176 valence electrons. The first-order valence-electron chi connectivity index (χ1n) is 12.0. The third-order valence-corrected chi connectivity index (χ3v) is 6.95. The van der Waals surface area contributed by atoms with Gasteiger partial charge in [0.2, 0.25) is 5.91 Å². The highest BCUT2D eigenvalue weighted by molar-refractivity contribution is 5.94. The Kier molecular flexibility index (Phi) is 7.53. The van der Waals surface area contributed by atoms with Gasteiger partial charge in [-0.25, -0.2) is 0 Å². The van der Waals surface area contributed by atoms with Crippen molar-refractivity contribution >= 4 is 11.8 Å². The molecule has 2 aromatic rings. The molecule has 0 N–H and O–H groups in total. The molecule has 0 atom stereocenters. The van der Waals surface area contributed by atoms with Crippen LogP contribution in [-0.4, -0.2) is 61.5 Å². The van der Waals surface area contributed by atoms with Crippen molar-refractivity contribution in [2.75, 3.05) is 39.9 Å². The molecule has 33 heavy (non-hydrogen) atoms. The fraction of sp³-hybridized carbons (Fsp3) is 0.481. The van der Waals surface area contributed by atoms with Gasteiger partial charge in [-0.3, -0.25) is 9.59 Å². The van der Waals surface area contributed by atoms with E-state index in [0.717, 1.165) is 44.5 Å².